The summed E-state index contributed by atoms with van der Waals surface area (Å²) in [6, 6.07) is 6.92. The molecule has 1 fully saturated rings. The number of anilines is 1. The third kappa shape index (κ3) is 5.26. The predicted octanol–water partition coefficient (Wildman–Crippen LogP) is 3.35. The summed E-state index contributed by atoms with van der Waals surface area (Å²) in [5.41, 5.74) is 1.12. The Kier molecular flexibility index (Phi) is 7.98. The lowest BCUT2D eigenvalue weighted by Gasteiger charge is -2.25. The summed E-state index contributed by atoms with van der Waals surface area (Å²) in [5, 5.41) is 8.01. The molecule has 0 radical (unpaired) electrons. The molecule has 2 aromatic heterocycles. The Bertz CT molecular complexity index is 1290. The molecule has 1 aliphatic heterocycles. The molecule has 1 aromatic carbocycles. The van der Waals surface area contributed by atoms with E-state index in [1.807, 2.05) is 0 Å². The maximum absolute atomic E-state index is 13.5. The van der Waals surface area contributed by atoms with Gasteiger partial charge in [0.2, 0.25) is 16.0 Å². The highest BCUT2D eigenvalue weighted by atomic mass is 35.5. The van der Waals surface area contributed by atoms with Crippen LogP contribution < -0.4 is 14.2 Å². The van der Waals surface area contributed by atoms with Crippen LogP contribution in [0.5, 0.6) is 11.5 Å². The fourth-order valence-corrected chi connectivity index (χ4v) is 5.37. The molecule has 0 unspecified atom stereocenters. The molecule has 1 N–H and O–H groups in total. The zero-order valence-electron chi connectivity index (χ0n) is 20.3. The van der Waals surface area contributed by atoms with Crippen molar-refractivity contribution in [1.82, 2.24) is 19.7 Å². The van der Waals surface area contributed by atoms with Crippen molar-refractivity contribution < 1.29 is 27.4 Å². The molecule has 3 heterocycles. The number of pyridine rings is 1. The topological polar surface area (TPSA) is 127 Å². The van der Waals surface area contributed by atoms with Gasteiger partial charge in [-0.15, -0.1) is 10.2 Å². The molecule has 13 heteroatoms. The lowest BCUT2D eigenvalue weighted by Crippen LogP contribution is -2.31. The monoisotopic (exact) mass is 537 g/mol. The zero-order valence-corrected chi connectivity index (χ0v) is 21.9. The molecule has 0 bridgehead atoms. The van der Waals surface area contributed by atoms with E-state index in [0.717, 1.165) is 0 Å². The minimum Gasteiger partial charge on any atom is -0.494 e. The first-order valence-corrected chi connectivity index (χ1v) is 13.2. The summed E-state index contributed by atoms with van der Waals surface area (Å²) < 4.78 is 53.7. The molecule has 1 aliphatic rings. The average Bonchev–Trinajstić information content (AvgIpc) is 3.29. The van der Waals surface area contributed by atoms with Gasteiger partial charge in [-0.2, -0.15) is 0 Å². The van der Waals surface area contributed by atoms with E-state index in [2.05, 4.69) is 19.9 Å². The Balaban J connectivity index is 1.77. The molecule has 4 rings (SSSR count). The zero-order chi connectivity index (χ0) is 25.9. The lowest BCUT2D eigenvalue weighted by atomic mass is 10.0. The number of sulfonamides is 1. The normalized spacial score (nSPS) is 17.9. The van der Waals surface area contributed by atoms with Gasteiger partial charge in [0.25, 0.3) is 0 Å². The second-order valence-corrected chi connectivity index (χ2v) is 10.7. The van der Waals surface area contributed by atoms with Crippen LogP contribution in [0.15, 0.2) is 36.7 Å². The highest BCUT2D eigenvalue weighted by Crippen LogP contribution is 2.38. The smallest absolute Gasteiger partial charge is 0.243 e. The minimum atomic E-state index is -3.96. The number of halogens is 1. The van der Waals surface area contributed by atoms with Crippen LogP contribution in [0.3, 0.4) is 0 Å². The average molecular weight is 538 g/mol. The van der Waals surface area contributed by atoms with Crippen molar-refractivity contribution in [2.75, 3.05) is 38.8 Å². The predicted molar refractivity (Wildman–Crippen MR) is 134 cm³/mol. The number of aromatic nitrogens is 4. The second kappa shape index (κ2) is 11.0. The molecule has 11 nitrogen and oxygen atoms in total. The molecule has 194 valence electrons. The van der Waals surface area contributed by atoms with Crippen LogP contribution in [0.4, 0.5) is 5.95 Å². The maximum atomic E-state index is 13.5. The quantitative estimate of drug-likeness (QED) is 0.437. The van der Waals surface area contributed by atoms with Crippen molar-refractivity contribution in [3.63, 3.8) is 0 Å². The third-order valence-corrected chi connectivity index (χ3v) is 8.16. The summed E-state index contributed by atoms with van der Waals surface area (Å²) in [6.07, 6.45) is 2.52. The molecule has 0 spiro atoms. The third-order valence-electron chi connectivity index (χ3n) is 6.10. The van der Waals surface area contributed by atoms with E-state index in [-0.39, 0.29) is 12.6 Å². The van der Waals surface area contributed by atoms with Gasteiger partial charge in [0, 0.05) is 18.3 Å². The summed E-state index contributed by atoms with van der Waals surface area (Å²) >= 11 is 6.06. The number of nitrogens with zero attached hydrogens (tertiary/aromatic N) is 4. The summed E-state index contributed by atoms with van der Waals surface area (Å²) in [7, 11) is -0.940. The van der Waals surface area contributed by atoms with Crippen molar-refractivity contribution >= 4 is 27.6 Å². The van der Waals surface area contributed by atoms with E-state index >= 15 is 0 Å². The van der Waals surface area contributed by atoms with Crippen LogP contribution in [0.25, 0.3) is 5.69 Å². The van der Waals surface area contributed by atoms with Gasteiger partial charge in [0.1, 0.15) is 23.3 Å². The van der Waals surface area contributed by atoms with Crippen LogP contribution in [-0.2, 0) is 19.5 Å². The van der Waals surface area contributed by atoms with E-state index in [1.165, 1.54) is 25.0 Å². The molecule has 1 saturated heterocycles. The largest absolute Gasteiger partial charge is 0.494 e. The van der Waals surface area contributed by atoms with Crippen molar-refractivity contribution in [1.29, 1.82) is 0 Å². The Morgan fingerprint density at radius 1 is 1.14 bits per heavy atom. The summed E-state index contributed by atoms with van der Waals surface area (Å²) in [5.74, 6) is 0.749. The van der Waals surface area contributed by atoms with Crippen LogP contribution in [-0.4, -0.2) is 67.5 Å². The molecule has 0 saturated carbocycles. The van der Waals surface area contributed by atoms with Crippen LogP contribution in [0.2, 0.25) is 5.02 Å². The van der Waals surface area contributed by atoms with Crippen molar-refractivity contribution in [3.05, 3.63) is 53.1 Å². The van der Waals surface area contributed by atoms with Gasteiger partial charge in [-0.25, -0.2) is 8.42 Å². The van der Waals surface area contributed by atoms with Gasteiger partial charge < -0.3 is 18.9 Å². The van der Waals surface area contributed by atoms with E-state index in [9.17, 15) is 8.42 Å². The highest BCUT2D eigenvalue weighted by Gasteiger charge is 2.33. The molecule has 3 aromatic rings. The Morgan fingerprint density at radius 2 is 1.86 bits per heavy atom. The van der Waals surface area contributed by atoms with Crippen molar-refractivity contribution in [2.45, 2.75) is 31.1 Å². The number of rotatable bonds is 9. The van der Waals surface area contributed by atoms with Crippen LogP contribution in [0, 0.1) is 0 Å². The van der Waals surface area contributed by atoms with Crippen molar-refractivity contribution in [3.8, 4) is 17.2 Å². The fraction of sp³-hybridized carbons (Fsp3) is 0.435. The molecule has 3 atom stereocenters. The van der Waals surface area contributed by atoms with Crippen LogP contribution in [0.1, 0.15) is 37.3 Å². The highest BCUT2D eigenvalue weighted by molar-refractivity contribution is 7.93. The first kappa shape index (κ1) is 26.1. The minimum absolute atomic E-state index is 0.0368. The molecule has 0 aliphatic carbocycles. The van der Waals surface area contributed by atoms with Gasteiger partial charge in [0.05, 0.1) is 44.3 Å². The van der Waals surface area contributed by atoms with Gasteiger partial charge >= 0.3 is 0 Å². The number of benzene rings is 1. The van der Waals surface area contributed by atoms with E-state index in [1.54, 1.807) is 44.3 Å². The number of ether oxygens (including phenoxy) is 4. The Hall–Kier alpha value is -2.93. The van der Waals surface area contributed by atoms with Crippen LogP contribution >= 0.6 is 11.6 Å². The molecule has 36 heavy (non-hydrogen) atoms. The Morgan fingerprint density at radius 3 is 2.47 bits per heavy atom. The summed E-state index contributed by atoms with van der Waals surface area (Å²) in [4.78, 5) is 4.07. The lowest BCUT2D eigenvalue weighted by molar-refractivity contribution is -0.0941. The van der Waals surface area contributed by atoms with Gasteiger partial charge in [-0.1, -0.05) is 24.6 Å². The van der Waals surface area contributed by atoms with Gasteiger partial charge in [-0.05, 0) is 30.7 Å². The van der Waals surface area contributed by atoms with Gasteiger partial charge in [-0.3, -0.25) is 14.3 Å². The van der Waals surface area contributed by atoms with E-state index in [0.29, 0.717) is 46.8 Å². The van der Waals surface area contributed by atoms with E-state index < -0.39 is 27.3 Å². The second-order valence-electron chi connectivity index (χ2n) is 8.24. The number of para-hydroxylation sites is 1. The number of nitrogens with one attached hydrogen (secondary N) is 1. The number of hydrogen-bond acceptors (Lipinski definition) is 9. The maximum Gasteiger partial charge on any atom is 0.243 e. The Labute approximate surface area is 214 Å². The van der Waals surface area contributed by atoms with Crippen molar-refractivity contribution in [2.24, 2.45) is 0 Å². The molecular formula is C23H28ClN5O6S. The standard InChI is InChI=1S/C23H28ClN5O6S/c1-14(16-10-17(24)12-25-11-16)15(2)36(30,31)28-23-27-26-22(20-13-34-8-9-35-20)29(23)21-18(32-3)6-5-7-19(21)33-4/h5-7,10-12,14-15,20H,8-9,13H2,1-4H3,(H,27,28)/t14-,15-,20+/m0/s1. The molecule has 0 amide bonds. The first-order valence-electron chi connectivity index (χ1n) is 11.2. The van der Waals surface area contributed by atoms with E-state index in [4.69, 9.17) is 30.5 Å². The number of methoxy groups -OCH3 is 2. The summed E-state index contributed by atoms with van der Waals surface area (Å²) in [6.45, 7) is 4.46. The number of hydrogen-bond donors (Lipinski definition) is 1. The SMILES string of the molecule is COc1cccc(OC)c1-n1c(NS(=O)(=O)[C@@H](C)[C@H](C)c2cncc(Cl)c2)nnc1[C@H]1COCCO1. The first-order chi connectivity index (χ1) is 17.3. The molecular weight excluding hydrogens is 510 g/mol. The fourth-order valence-electron chi connectivity index (χ4n) is 3.92. The van der Waals surface area contributed by atoms with Gasteiger partial charge in [0.15, 0.2) is 5.82 Å².